The summed E-state index contributed by atoms with van der Waals surface area (Å²) in [7, 11) is 0. The molecule has 0 unspecified atom stereocenters. The fourth-order valence-corrected chi connectivity index (χ4v) is 1.15. The van der Waals surface area contributed by atoms with E-state index in [-0.39, 0.29) is 0 Å². The van der Waals surface area contributed by atoms with Crippen molar-refractivity contribution in [2.24, 2.45) is 0 Å². The van der Waals surface area contributed by atoms with E-state index in [1.54, 1.807) is 6.92 Å². The molecule has 0 aliphatic heterocycles. The first kappa shape index (κ1) is 12.2. The van der Waals surface area contributed by atoms with Crippen LogP contribution in [0.1, 0.15) is 58.8 Å². The summed E-state index contributed by atoms with van der Waals surface area (Å²) in [4.78, 5) is 10.6. The molecule has 0 saturated heterocycles. The van der Waals surface area contributed by atoms with Gasteiger partial charge in [0.2, 0.25) is 0 Å². The average Bonchev–Trinajstić information content (AvgIpc) is 2.09. The van der Waals surface area contributed by atoms with Crippen molar-refractivity contribution in [3.05, 3.63) is 0 Å². The summed E-state index contributed by atoms with van der Waals surface area (Å²) in [5.41, 5.74) is 0. The van der Waals surface area contributed by atoms with Crippen molar-refractivity contribution in [2.75, 3.05) is 0 Å². The minimum absolute atomic E-state index is 0.311. The normalized spacial score (nSPS) is 9.08. The number of carbonyl (C=O) groups is 1. The Balaban J connectivity index is 3.04. The van der Waals surface area contributed by atoms with Gasteiger partial charge in [0.25, 0.3) is 0 Å². The molecule has 0 heterocycles. The topological polar surface area (TPSA) is 17.1 Å². The molecule has 0 atom stereocenters. The van der Waals surface area contributed by atoms with E-state index in [2.05, 4.69) is 18.8 Å². The van der Waals surface area contributed by atoms with Crippen LogP contribution in [0.3, 0.4) is 0 Å². The smallest absolute Gasteiger partial charge is 0.129 e. The summed E-state index contributed by atoms with van der Waals surface area (Å²) in [6.07, 6.45) is 7.36. The van der Waals surface area contributed by atoms with Crippen LogP contribution in [0.5, 0.6) is 0 Å². The number of rotatable bonds is 6. The average molecular weight is 180 g/mol. The number of ketones is 1. The summed E-state index contributed by atoms with van der Waals surface area (Å²) in [6.45, 7) is 3.73. The molecule has 0 fully saturated rings. The third kappa shape index (κ3) is 11.2. The van der Waals surface area contributed by atoms with Crippen LogP contribution in [0, 0.1) is 11.8 Å². The monoisotopic (exact) mass is 180 g/mol. The number of hydrogen-bond acceptors (Lipinski definition) is 1. The highest BCUT2D eigenvalue weighted by Gasteiger charge is 1.92. The predicted molar refractivity (Wildman–Crippen MR) is 56.5 cm³/mol. The Bertz CT molecular complexity index is 183. The van der Waals surface area contributed by atoms with Crippen LogP contribution in [-0.2, 0) is 4.79 Å². The van der Waals surface area contributed by atoms with Gasteiger partial charge < -0.3 is 4.79 Å². The molecule has 0 aliphatic rings. The van der Waals surface area contributed by atoms with Crippen molar-refractivity contribution < 1.29 is 4.79 Å². The second-order valence-electron chi connectivity index (χ2n) is 3.32. The molecular weight excluding hydrogens is 160 g/mol. The van der Waals surface area contributed by atoms with Crippen LogP contribution in [0.15, 0.2) is 0 Å². The quantitative estimate of drug-likeness (QED) is 0.452. The number of Topliss-reactive ketones (excluding diaryl/α,β-unsaturated/α-hetero) is 1. The molecule has 0 bridgehead atoms. The van der Waals surface area contributed by atoms with E-state index < -0.39 is 0 Å². The van der Waals surface area contributed by atoms with Crippen molar-refractivity contribution in [2.45, 2.75) is 58.8 Å². The van der Waals surface area contributed by atoms with Crippen molar-refractivity contribution in [1.29, 1.82) is 0 Å². The molecule has 0 saturated carbocycles. The Morgan fingerprint density at radius 3 is 2.38 bits per heavy atom. The first-order valence-corrected chi connectivity index (χ1v) is 5.22. The predicted octanol–water partition coefficient (Wildman–Crippen LogP) is 3.33. The van der Waals surface area contributed by atoms with Gasteiger partial charge in [-0.05, 0) is 19.8 Å². The zero-order valence-corrected chi connectivity index (χ0v) is 8.86. The third-order valence-electron chi connectivity index (χ3n) is 1.88. The zero-order valence-electron chi connectivity index (χ0n) is 8.86. The lowest BCUT2D eigenvalue weighted by molar-refractivity contribution is -0.117. The largest absolute Gasteiger partial charge is 0.300 e. The van der Waals surface area contributed by atoms with Crippen LogP contribution in [0.4, 0.5) is 0 Å². The molecule has 0 aromatic carbocycles. The van der Waals surface area contributed by atoms with Crippen LogP contribution in [0.2, 0.25) is 0 Å². The van der Waals surface area contributed by atoms with Crippen LogP contribution < -0.4 is 0 Å². The summed E-state index contributed by atoms with van der Waals surface area (Å²) in [6, 6.07) is 0. The Labute approximate surface area is 81.9 Å². The van der Waals surface area contributed by atoms with Gasteiger partial charge in [0, 0.05) is 19.3 Å². The van der Waals surface area contributed by atoms with Gasteiger partial charge in [-0.2, -0.15) is 0 Å². The number of unbranched alkanes of at least 4 members (excludes halogenated alkanes) is 4. The second kappa shape index (κ2) is 9.32. The van der Waals surface area contributed by atoms with E-state index in [0.717, 1.165) is 25.7 Å². The van der Waals surface area contributed by atoms with Gasteiger partial charge in [-0.1, -0.05) is 19.8 Å². The highest BCUT2D eigenvalue weighted by atomic mass is 16.1. The fourth-order valence-electron chi connectivity index (χ4n) is 1.15. The highest BCUT2D eigenvalue weighted by molar-refractivity contribution is 5.75. The van der Waals surface area contributed by atoms with Crippen LogP contribution in [0.25, 0.3) is 0 Å². The fraction of sp³-hybridized carbons (Fsp3) is 0.750. The van der Waals surface area contributed by atoms with Gasteiger partial charge >= 0.3 is 0 Å². The lowest BCUT2D eigenvalue weighted by atomic mass is 10.1. The Morgan fingerprint density at radius 1 is 1.08 bits per heavy atom. The molecule has 0 spiro atoms. The minimum Gasteiger partial charge on any atom is -0.300 e. The Morgan fingerprint density at radius 2 is 1.77 bits per heavy atom. The lowest BCUT2D eigenvalue weighted by Gasteiger charge is -1.96. The van der Waals surface area contributed by atoms with E-state index in [1.165, 1.54) is 19.3 Å². The summed E-state index contributed by atoms with van der Waals surface area (Å²) in [5, 5.41) is 0. The van der Waals surface area contributed by atoms with Crippen molar-refractivity contribution in [3.63, 3.8) is 0 Å². The lowest BCUT2D eigenvalue weighted by Crippen LogP contribution is -1.88. The second-order valence-corrected chi connectivity index (χ2v) is 3.32. The Kier molecular flexibility index (Phi) is 8.77. The minimum atomic E-state index is 0.311. The van der Waals surface area contributed by atoms with Crippen LogP contribution >= 0.6 is 0 Å². The number of carbonyl (C=O) groups excluding carboxylic acids is 1. The van der Waals surface area contributed by atoms with Gasteiger partial charge in [-0.15, -0.1) is 11.8 Å². The molecule has 13 heavy (non-hydrogen) atoms. The van der Waals surface area contributed by atoms with E-state index >= 15 is 0 Å². The first-order valence-electron chi connectivity index (χ1n) is 5.22. The van der Waals surface area contributed by atoms with Crippen LogP contribution in [-0.4, -0.2) is 5.78 Å². The first-order chi connectivity index (χ1) is 6.27. The highest BCUT2D eigenvalue weighted by Crippen LogP contribution is 2.04. The zero-order chi connectivity index (χ0) is 9.94. The molecule has 1 nitrogen and oxygen atoms in total. The van der Waals surface area contributed by atoms with Gasteiger partial charge in [0.05, 0.1) is 0 Å². The maximum absolute atomic E-state index is 10.6. The van der Waals surface area contributed by atoms with Crippen molar-refractivity contribution >= 4 is 5.78 Å². The van der Waals surface area contributed by atoms with Gasteiger partial charge in [-0.3, -0.25) is 0 Å². The molecule has 0 aromatic rings. The van der Waals surface area contributed by atoms with E-state index in [9.17, 15) is 4.79 Å². The molecule has 0 aliphatic carbocycles. The van der Waals surface area contributed by atoms with Crippen molar-refractivity contribution in [1.82, 2.24) is 0 Å². The molecular formula is C12H20O. The SMILES string of the molecule is CCC#CCCCCCCC(C)=O. The third-order valence-corrected chi connectivity index (χ3v) is 1.88. The molecule has 74 valence electrons. The molecule has 0 aromatic heterocycles. The van der Waals surface area contributed by atoms with Gasteiger partial charge in [0.1, 0.15) is 5.78 Å². The standard InChI is InChI=1S/C12H20O/c1-3-4-5-6-7-8-9-10-11-12(2)13/h3,6-11H2,1-2H3. The molecule has 0 amide bonds. The summed E-state index contributed by atoms with van der Waals surface area (Å²) in [5.74, 6) is 6.48. The summed E-state index contributed by atoms with van der Waals surface area (Å²) >= 11 is 0. The van der Waals surface area contributed by atoms with Gasteiger partial charge in [0.15, 0.2) is 0 Å². The molecule has 0 radical (unpaired) electrons. The molecule has 0 rings (SSSR count). The van der Waals surface area contributed by atoms with E-state index in [4.69, 9.17) is 0 Å². The maximum atomic E-state index is 10.6. The number of hydrogen-bond donors (Lipinski definition) is 0. The Hall–Kier alpha value is -0.770. The molecule has 1 heteroatoms. The maximum Gasteiger partial charge on any atom is 0.129 e. The molecule has 0 N–H and O–H groups in total. The van der Waals surface area contributed by atoms with Crippen molar-refractivity contribution in [3.8, 4) is 11.8 Å². The van der Waals surface area contributed by atoms with Gasteiger partial charge in [-0.25, -0.2) is 0 Å². The van der Waals surface area contributed by atoms with E-state index in [0.29, 0.717) is 5.78 Å². The summed E-state index contributed by atoms with van der Waals surface area (Å²) < 4.78 is 0. The van der Waals surface area contributed by atoms with E-state index in [1.807, 2.05) is 0 Å².